The minimum absolute atomic E-state index is 0.0678. The molecule has 1 aliphatic heterocycles. The minimum Gasteiger partial charge on any atom is -0.487 e. The summed E-state index contributed by atoms with van der Waals surface area (Å²) in [5.41, 5.74) is 3.30. The van der Waals surface area contributed by atoms with Crippen LogP contribution in [0.5, 0.6) is 5.75 Å². The Morgan fingerprint density at radius 1 is 1.14 bits per heavy atom. The van der Waals surface area contributed by atoms with Crippen molar-refractivity contribution in [3.05, 3.63) is 64.2 Å². The summed E-state index contributed by atoms with van der Waals surface area (Å²) in [6.45, 7) is 5.79. The van der Waals surface area contributed by atoms with Gasteiger partial charge in [0.1, 0.15) is 0 Å². The van der Waals surface area contributed by atoms with Crippen molar-refractivity contribution >= 4 is 0 Å². The average molecular weight is 302 g/mol. The van der Waals surface area contributed by atoms with Crippen LogP contribution in [-0.2, 0) is 6.42 Å². The fourth-order valence-electron chi connectivity index (χ4n) is 2.97. The summed E-state index contributed by atoms with van der Waals surface area (Å²) >= 11 is 0. The monoisotopic (exact) mass is 302 g/mol. The maximum Gasteiger partial charge on any atom is 0.201 e. The molecule has 22 heavy (non-hydrogen) atoms. The highest BCUT2D eigenvalue weighted by molar-refractivity contribution is 5.45. The SMILES string of the molecule is Cc1ccc(C(C)c2cc3c(c(F)c2F)OC(C)CC3)cc1. The first-order valence-electron chi connectivity index (χ1n) is 7.71. The zero-order chi connectivity index (χ0) is 15.9. The number of fused-ring (bicyclic) bond motifs is 1. The molecule has 0 spiro atoms. The second-order valence-electron chi connectivity index (χ2n) is 6.18. The molecule has 0 saturated carbocycles. The number of aryl methyl sites for hydroxylation is 2. The van der Waals surface area contributed by atoms with Crippen molar-refractivity contribution in [3.8, 4) is 5.75 Å². The number of halogens is 2. The van der Waals surface area contributed by atoms with Crippen LogP contribution in [-0.4, -0.2) is 6.10 Å². The summed E-state index contributed by atoms with van der Waals surface area (Å²) < 4.78 is 34.3. The molecule has 1 aliphatic rings. The van der Waals surface area contributed by atoms with E-state index in [-0.39, 0.29) is 17.8 Å². The van der Waals surface area contributed by atoms with Crippen molar-refractivity contribution in [1.29, 1.82) is 0 Å². The van der Waals surface area contributed by atoms with E-state index in [4.69, 9.17) is 4.74 Å². The van der Waals surface area contributed by atoms with E-state index < -0.39 is 11.6 Å². The van der Waals surface area contributed by atoms with Gasteiger partial charge in [0, 0.05) is 5.92 Å². The van der Waals surface area contributed by atoms with Crippen molar-refractivity contribution in [2.24, 2.45) is 0 Å². The van der Waals surface area contributed by atoms with Gasteiger partial charge in [0.2, 0.25) is 5.82 Å². The molecule has 0 saturated heterocycles. The van der Waals surface area contributed by atoms with Crippen LogP contribution in [0, 0.1) is 18.6 Å². The molecule has 3 heteroatoms. The van der Waals surface area contributed by atoms with Gasteiger partial charge >= 0.3 is 0 Å². The van der Waals surface area contributed by atoms with Crippen LogP contribution in [0.2, 0.25) is 0 Å². The summed E-state index contributed by atoms with van der Waals surface area (Å²) in [6, 6.07) is 9.68. The molecular formula is C19H20F2O. The molecule has 2 unspecified atom stereocenters. The Balaban J connectivity index is 2.04. The molecule has 2 atom stereocenters. The van der Waals surface area contributed by atoms with Crippen LogP contribution in [0.15, 0.2) is 30.3 Å². The highest BCUT2D eigenvalue weighted by Gasteiger charge is 2.27. The minimum atomic E-state index is -0.849. The lowest BCUT2D eigenvalue weighted by molar-refractivity contribution is 0.180. The van der Waals surface area contributed by atoms with E-state index in [1.807, 2.05) is 45.0 Å². The standard InChI is InChI=1S/C19H20F2O/c1-11-4-7-14(8-5-11)13(3)16-10-15-9-6-12(2)22-19(15)18(21)17(16)20/h4-5,7-8,10,12-13H,6,9H2,1-3H3. The molecule has 0 fully saturated rings. The largest absolute Gasteiger partial charge is 0.487 e. The molecule has 1 nitrogen and oxygen atoms in total. The third-order valence-corrected chi connectivity index (χ3v) is 4.45. The number of benzene rings is 2. The summed E-state index contributed by atoms with van der Waals surface area (Å²) in [4.78, 5) is 0. The molecule has 116 valence electrons. The molecule has 0 N–H and O–H groups in total. The number of ether oxygens (including phenoxy) is 1. The van der Waals surface area contributed by atoms with Gasteiger partial charge in [-0.15, -0.1) is 0 Å². The summed E-state index contributed by atoms with van der Waals surface area (Å²) in [5, 5.41) is 0. The normalized spacial score (nSPS) is 18.5. The maximum atomic E-state index is 14.5. The molecule has 0 aromatic heterocycles. The Labute approximate surface area is 129 Å². The van der Waals surface area contributed by atoms with Crippen molar-refractivity contribution in [2.45, 2.75) is 45.6 Å². The van der Waals surface area contributed by atoms with E-state index in [1.165, 1.54) is 0 Å². The number of hydrogen-bond acceptors (Lipinski definition) is 1. The topological polar surface area (TPSA) is 9.23 Å². The molecule has 1 heterocycles. The number of rotatable bonds is 2. The van der Waals surface area contributed by atoms with E-state index in [1.54, 1.807) is 6.07 Å². The van der Waals surface area contributed by atoms with E-state index in [0.29, 0.717) is 5.56 Å². The van der Waals surface area contributed by atoms with Gasteiger partial charge in [-0.25, -0.2) is 4.39 Å². The molecule has 0 aliphatic carbocycles. The van der Waals surface area contributed by atoms with Gasteiger partial charge in [-0.05, 0) is 49.4 Å². The smallest absolute Gasteiger partial charge is 0.201 e. The van der Waals surface area contributed by atoms with Crippen LogP contribution in [0.3, 0.4) is 0 Å². The molecule has 2 aromatic carbocycles. The van der Waals surface area contributed by atoms with Crippen LogP contribution in [0.4, 0.5) is 8.78 Å². The first kappa shape index (κ1) is 15.0. The van der Waals surface area contributed by atoms with E-state index in [2.05, 4.69) is 0 Å². The maximum absolute atomic E-state index is 14.5. The van der Waals surface area contributed by atoms with Crippen molar-refractivity contribution in [3.63, 3.8) is 0 Å². The van der Waals surface area contributed by atoms with Gasteiger partial charge < -0.3 is 4.74 Å². The fourth-order valence-corrected chi connectivity index (χ4v) is 2.97. The van der Waals surface area contributed by atoms with Gasteiger partial charge in [0.05, 0.1) is 6.10 Å². The Kier molecular flexibility index (Phi) is 3.90. The van der Waals surface area contributed by atoms with Gasteiger partial charge in [0.15, 0.2) is 11.6 Å². The van der Waals surface area contributed by atoms with Gasteiger partial charge in [-0.3, -0.25) is 0 Å². The van der Waals surface area contributed by atoms with Gasteiger partial charge in [0.25, 0.3) is 0 Å². The lowest BCUT2D eigenvalue weighted by atomic mass is 9.89. The van der Waals surface area contributed by atoms with Crippen LogP contribution < -0.4 is 4.74 Å². The zero-order valence-electron chi connectivity index (χ0n) is 13.1. The lowest BCUT2D eigenvalue weighted by Gasteiger charge is -2.26. The van der Waals surface area contributed by atoms with Crippen molar-refractivity contribution < 1.29 is 13.5 Å². The summed E-state index contributed by atoms with van der Waals surface area (Å²) in [6.07, 6.45) is 1.49. The fraction of sp³-hybridized carbons (Fsp3) is 0.368. The predicted octanol–water partition coefficient (Wildman–Crippen LogP) is 5.14. The summed E-state index contributed by atoms with van der Waals surface area (Å²) in [7, 11) is 0. The van der Waals surface area contributed by atoms with Crippen LogP contribution >= 0.6 is 0 Å². The molecule has 0 amide bonds. The first-order chi connectivity index (χ1) is 10.5. The average Bonchev–Trinajstić information content (AvgIpc) is 2.51. The van der Waals surface area contributed by atoms with E-state index in [0.717, 1.165) is 29.5 Å². The second kappa shape index (κ2) is 5.71. The van der Waals surface area contributed by atoms with Gasteiger partial charge in [-0.1, -0.05) is 36.8 Å². The van der Waals surface area contributed by atoms with E-state index in [9.17, 15) is 8.78 Å². The summed E-state index contributed by atoms with van der Waals surface area (Å²) in [5.74, 6) is -1.74. The molecule has 0 radical (unpaired) electrons. The Hall–Kier alpha value is -1.90. The second-order valence-corrected chi connectivity index (χ2v) is 6.18. The molecule has 0 bridgehead atoms. The Morgan fingerprint density at radius 2 is 1.82 bits per heavy atom. The Bertz CT molecular complexity index is 692. The third kappa shape index (κ3) is 2.60. The Morgan fingerprint density at radius 3 is 2.50 bits per heavy atom. The highest BCUT2D eigenvalue weighted by atomic mass is 19.2. The predicted molar refractivity (Wildman–Crippen MR) is 83.5 cm³/mol. The highest BCUT2D eigenvalue weighted by Crippen LogP contribution is 2.37. The first-order valence-corrected chi connectivity index (χ1v) is 7.71. The lowest BCUT2D eigenvalue weighted by Crippen LogP contribution is -2.21. The van der Waals surface area contributed by atoms with Crippen molar-refractivity contribution in [1.82, 2.24) is 0 Å². The molecule has 2 aromatic rings. The third-order valence-electron chi connectivity index (χ3n) is 4.45. The van der Waals surface area contributed by atoms with Crippen molar-refractivity contribution in [2.75, 3.05) is 0 Å². The van der Waals surface area contributed by atoms with Crippen LogP contribution in [0.1, 0.15) is 48.4 Å². The van der Waals surface area contributed by atoms with E-state index >= 15 is 0 Å². The number of hydrogen-bond donors (Lipinski definition) is 0. The zero-order valence-corrected chi connectivity index (χ0v) is 13.1. The quantitative estimate of drug-likeness (QED) is 0.746. The molecular weight excluding hydrogens is 282 g/mol. The molecule has 3 rings (SSSR count). The van der Waals surface area contributed by atoms with Gasteiger partial charge in [-0.2, -0.15) is 4.39 Å². The van der Waals surface area contributed by atoms with Crippen LogP contribution in [0.25, 0.3) is 0 Å².